The minimum atomic E-state index is -2.81. The molecule has 0 radical (unpaired) electrons. The number of rotatable bonds is 6. The molecule has 3 N–H and O–H groups in total. The molecule has 0 spiro atoms. The number of nitrogen functional groups attached to an aromatic ring is 1. The van der Waals surface area contributed by atoms with Gasteiger partial charge in [-0.05, 0) is 18.2 Å². The molecule has 2 atom stereocenters. The topological polar surface area (TPSA) is 82.8 Å². The molecule has 8 heteroatoms. The Kier molecular flexibility index (Phi) is 5.51. The molecule has 0 aromatic heterocycles. The highest BCUT2D eigenvalue weighted by molar-refractivity contribution is 5.92. The second-order valence-corrected chi connectivity index (χ2v) is 4.94. The summed E-state index contributed by atoms with van der Waals surface area (Å²) in [6.45, 7) is -2.26. The zero-order valence-corrected chi connectivity index (χ0v) is 12.1. The molecule has 1 aliphatic rings. The van der Waals surface area contributed by atoms with Crippen molar-refractivity contribution in [3.8, 4) is 0 Å². The summed E-state index contributed by atoms with van der Waals surface area (Å²) in [5.41, 5.74) is 7.18. The Bertz CT molecular complexity index is 528. The summed E-state index contributed by atoms with van der Waals surface area (Å²) < 4.78 is 38.6. The van der Waals surface area contributed by atoms with Crippen LogP contribution in [-0.2, 0) is 14.2 Å². The van der Waals surface area contributed by atoms with Crippen LogP contribution < -0.4 is 11.1 Å². The fourth-order valence-corrected chi connectivity index (χ4v) is 2.24. The number of halogens is 2. The standard InChI is InChI=1S/C14H18F2N2O4/c1-20-13(19)8-2-3-10(17)11(4-8)18-12-7-21-5-9(12)6-22-14(15)16/h2-4,9,12,14,18H,5-7,17H2,1H3/t9-,12-/m1/s1. The fourth-order valence-electron chi connectivity index (χ4n) is 2.24. The van der Waals surface area contributed by atoms with Crippen molar-refractivity contribution < 1.29 is 27.8 Å². The van der Waals surface area contributed by atoms with Crippen LogP contribution in [-0.4, -0.2) is 45.6 Å². The number of hydrogen-bond acceptors (Lipinski definition) is 6. The summed E-state index contributed by atoms with van der Waals surface area (Å²) >= 11 is 0. The molecule has 0 bridgehead atoms. The van der Waals surface area contributed by atoms with Crippen LogP contribution in [0.15, 0.2) is 18.2 Å². The summed E-state index contributed by atoms with van der Waals surface area (Å²) in [6.07, 6.45) is 0. The molecule has 22 heavy (non-hydrogen) atoms. The minimum Gasteiger partial charge on any atom is -0.465 e. The van der Waals surface area contributed by atoms with Crippen LogP contribution in [0.4, 0.5) is 20.2 Å². The first-order chi connectivity index (χ1) is 10.5. The van der Waals surface area contributed by atoms with Gasteiger partial charge in [0.05, 0.1) is 49.9 Å². The third kappa shape index (κ3) is 4.05. The Morgan fingerprint density at radius 1 is 1.50 bits per heavy atom. The predicted octanol–water partition coefficient (Wildman–Crippen LogP) is 1.72. The van der Waals surface area contributed by atoms with Gasteiger partial charge < -0.3 is 25.3 Å². The first-order valence-electron chi connectivity index (χ1n) is 6.73. The number of hydrogen-bond donors (Lipinski definition) is 2. The van der Waals surface area contributed by atoms with Crippen LogP contribution in [0.2, 0.25) is 0 Å². The molecule has 6 nitrogen and oxygen atoms in total. The van der Waals surface area contributed by atoms with Gasteiger partial charge in [-0.1, -0.05) is 0 Å². The number of methoxy groups -OCH3 is 1. The monoisotopic (exact) mass is 316 g/mol. The van der Waals surface area contributed by atoms with E-state index in [1.807, 2.05) is 0 Å². The van der Waals surface area contributed by atoms with E-state index in [1.54, 1.807) is 18.2 Å². The molecule has 1 aromatic carbocycles. The Hall–Kier alpha value is -1.93. The number of carbonyl (C=O) groups excluding carboxylic acids is 1. The van der Waals surface area contributed by atoms with E-state index in [0.29, 0.717) is 30.2 Å². The lowest BCUT2D eigenvalue weighted by Gasteiger charge is -2.21. The number of benzene rings is 1. The molecule has 1 aromatic rings. The maximum absolute atomic E-state index is 12.1. The lowest BCUT2D eigenvalue weighted by Crippen LogP contribution is -2.31. The van der Waals surface area contributed by atoms with E-state index in [2.05, 4.69) is 14.8 Å². The van der Waals surface area contributed by atoms with Crippen LogP contribution >= 0.6 is 0 Å². The molecule has 0 unspecified atom stereocenters. The van der Waals surface area contributed by atoms with Crippen molar-refractivity contribution in [1.82, 2.24) is 0 Å². The van der Waals surface area contributed by atoms with E-state index in [-0.39, 0.29) is 18.6 Å². The summed E-state index contributed by atoms with van der Waals surface area (Å²) in [5.74, 6) is -0.710. The molecule has 1 heterocycles. The van der Waals surface area contributed by atoms with Crippen molar-refractivity contribution in [1.29, 1.82) is 0 Å². The quantitative estimate of drug-likeness (QED) is 0.614. The van der Waals surface area contributed by atoms with Crippen LogP contribution in [0.25, 0.3) is 0 Å². The van der Waals surface area contributed by atoms with Crippen molar-refractivity contribution in [3.63, 3.8) is 0 Å². The molecule has 1 aliphatic heterocycles. The summed E-state index contributed by atoms with van der Waals surface area (Å²) in [5, 5.41) is 3.12. The number of anilines is 2. The van der Waals surface area contributed by atoms with E-state index in [1.165, 1.54) is 7.11 Å². The van der Waals surface area contributed by atoms with Crippen molar-refractivity contribution >= 4 is 17.3 Å². The molecule has 122 valence electrons. The summed E-state index contributed by atoms with van der Waals surface area (Å²) in [4.78, 5) is 11.5. The van der Waals surface area contributed by atoms with Gasteiger partial charge in [0.1, 0.15) is 0 Å². The van der Waals surface area contributed by atoms with Gasteiger partial charge in [-0.3, -0.25) is 0 Å². The van der Waals surface area contributed by atoms with E-state index in [0.717, 1.165) is 0 Å². The number of esters is 1. The van der Waals surface area contributed by atoms with Crippen molar-refractivity contribution in [3.05, 3.63) is 23.8 Å². The predicted molar refractivity (Wildman–Crippen MR) is 75.9 cm³/mol. The lowest BCUT2D eigenvalue weighted by molar-refractivity contribution is -0.138. The molecule has 2 rings (SSSR count). The van der Waals surface area contributed by atoms with Gasteiger partial charge in [-0.15, -0.1) is 0 Å². The average molecular weight is 316 g/mol. The number of carbonyl (C=O) groups is 1. The van der Waals surface area contributed by atoms with E-state index in [9.17, 15) is 13.6 Å². The average Bonchev–Trinajstić information content (AvgIpc) is 2.93. The lowest BCUT2D eigenvalue weighted by atomic mass is 10.0. The zero-order valence-electron chi connectivity index (χ0n) is 12.1. The molecular formula is C14H18F2N2O4. The third-order valence-corrected chi connectivity index (χ3v) is 3.45. The first-order valence-corrected chi connectivity index (χ1v) is 6.73. The largest absolute Gasteiger partial charge is 0.465 e. The maximum Gasteiger partial charge on any atom is 0.345 e. The summed E-state index contributed by atoms with van der Waals surface area (Å²) in [7, 11) is 1.29. The first kappa shape index (κ1) is 16.4. The minimum absolute atomic E-state index is 0.119. The Labute approximate surface area is 126 Å². The van der Waals surface area contributed by atoms with Crippen LogP contribution in [0.5, 0.6) is 0 Å². The molecule has 1 saturated heterocycles. The fraction of sp³-hybridized carbons (Fsp3) is 0.500. The highest BCUT2D eigenvalue weighted by Crippen LogP contribution is 2.25. The second kappa shape index (κ2) is 7.37. The normalized spacial score (nSPS) is 21.1. The summed E-state index contributed by atoms with van der Waals surface area (Å²) in [6, 6.07) is 4.46. The highest BCUT2D eigenvalue weighted by Gasteiger charge is 2.29. The second-order valence-electron chi connectivity index (χ2n) is 4.94. The third-order valence-electron chi connectivity index (χ3n) is 3.45. The van der Waals surface area contributed by atoms with Crippen LogP contribution in [0.3, 0.4) is 0 Å². The van der Waals surface area contributed by atoms with Gasteiger partial charge in [0.2, 0.25) is 0 Å². The molecule has 0 saturated carbocycles. The zero-order chi connectivity index (χ0) is 16.1. The Morgan fingerprint density at radius 3 is 2.95 bits per heavy atom. The van der Waals surface area contributed by atoms with Gasteiger partial charge in [0.15, 0.2) is 0 Å². The van der Waals surface area contributed by atoms with Gasteiger partial charge in [0, 0.05) is 5.92 Å². The number of nitrogens with two attached hydrogens (primary N) is 1. The van der Waals surface area contributed by atoms with Crippen molar-refractivity contribution in [2.75, 3.05) is 38.0 Å². The van der Waals surface area contributed by atoms with E-state index >= 15 is 0 Å². The SMILES string of the molecule is COC(=O)c1ccc(N)c(N[C@@H]2COC[C@@H]2COC(F)F)c1. The Balaban J connectivity index is 2.07. The molecule has 1 fully saturated rings. The van der Waals surface area contributed by atoms with Gasteiger partial charge in [-0.25, -0.2) is 4.79 Å². The van der Waals surface area contributed by atoms with E-state index < -0.39 is 12.6 Å². The van der Waals surface area contributed by atoms with Gasteiger partial charge in [0.25, 0.3) is 0 Å². The molecule has 0 amide bonds. The maximum atomic E-state index is 12.1. The van der Waals surface area contributed by atoms with Crippen molar-refractivity contribution in [2.24, 2.45) is 5.92 Å². The number of nitrogens with one attached hydrogen (secondary N) is 1. The van der Waals surface area contributed by atoms with E-state index in [4.69, 9.17) is 10.5 Å². The van der Waals surface area contributed by atoms with Crippen LogP contribution in [0, 0.1) is 5.92 Å². The molecular weight excluding hydrogens is 298 g/mol. The van der Waals surface area contributed by atoms with Crippen LogP contribution in [0.1, 0.15) is 10.4 Å². The van der Waals surface area contributed by atoms with Gasteiger partial charge in [-0.2, -0.15) is 8.78 Å². The Morgan fingerprint density at radius 2 is 2.27 bits per heavy atom. The smallest absolute Gasteiger partial charge is 0.345 e. The van der Waals surface area contributed by atoms with Crippen molar-refractivity contribution in [2.45, 2.75) is 12.7 Å². The molecule has 0 aliphatic carbocycles. The van der Waals surface area contributed by atoms with Gasteiger partial charge >= 0.3 is 12.6 Å². The number of ether oxygens (including phenoxy) is 3. The number of alkyl halides is 2. The highest BCUT2D eigenvalue weighted by atomic mass is 19.3.